The summed E-state index contributed by atoms with van der Waals surface area (Å²) < 4.78 is 34.7. The highest BCUT2D eigenvalue weighted by Gasteiger charge is 2.52. The van der Waals surface area contributed by atoms with E-state index in [1.54, 1.807) is 11.2 Å². The number of aliphatic carboxylic acids is 1. The summed E-state index contributed by atoms with van der Waals surface area (Å²) in [5.74, 6) is 0.154. The Morgan fingerprint density at radius 2 is 1.58 bits per heavy atom. The maximum Gasteiger partial charge on any atom is 0.327 e. The van der Waals surface area contributed by atoms with Crippen LogP contribution in [0.25, 0.3) is 21.9 Å². The first kappa shape index (κ1) is 36.9. The number of hydrogen-bond acceptors (Lipinski definition) is 8. The number of ether oxygens (including phenoxy) is 1. The van der Waals surface area contributed by atoms with Gasteiger partial charge in [0, 0.05) is 85.3 Å². The normalized spacial score (nSPS) is 20.3. The molecule has 1 aromatic heterocycles. The molecule has 3 aliphatic heterocycles. The molecule has 0 saturated carbocycles. The van der Waals surface area contributed by atoms with Crippen LogP contribution < -0.4 is 19.4 Å². The summed E-state index contributed by atoms with van der Waals surface area (Å²) in [6.07, 6.45) is 4.05. The van der Waals surface area contributed by atoms with Gasteiger partial charge in [-0.25, -0.2) is 13.2 Å². The van der Waals surface area contributed by atoms with Crippen LogP contribution in [0.3, 0.4) is 0 Å². The summed E-state index contributed by atoms with van der Waals surface area (Å²) in [7, 11) is -1.21. The summed E-state index contributed by atoms with van der Waals surface area (Å²) in [5.41, 5.74) is 6.68. The zero-order valence-corrected chi connectivity index (χ0v) is 32.7. The van der Waals surface area contributed by atoms with Crippen molar-refractivity contribution < 1.29 is 23.1 Å². The number of aryl methyl sites for hydroxylation is 1. The lowest BCUT2D eigenvalue weighted by Gasteiger charge is -2.36. The van der Waals surface area contributed by atoms with Gasteiger partial charge in [-0.1, -0.05) is 61.5 Å². The van der Waals surface area contributed by atoms with Crippen molar-refractivity contribution in [2.75, 3.05) is 66.3 Å². The summed E-state index contributed by atoms with van der Waals surface area (Å²) in [5, 5.41) is 17.9. The Labute approximate surface area is 323 Å². The molecule has 288 valence electrons. The van der Waals surface area contributed by atoms with Gasteiger partial charge in [-0.05, 0) is 67.5 Å². The second-order valence-electron chi connectivity index (χ2n) is 15.2. The molecule has 5 aromatic rings. The standard InChI is InChI=1S/C43H50N6O5S/c1-4-55(52,53)48-26-24-46(25-27-48)32-17-19-33(20-18-32)47-22-10-23-49-40-35(36-29-44-45(3)38(36)30-47)14-8-15-37(40)43(2,41(49)42(50)51)21-9-28-54-39-16-7-12-31-11-5-6-13-34(31)39/h5-8,11-20,29,41H,4,9-10,21-28,30H2,1-3H3,(H,50,51). The minimum absolute atomic E-state index is 0.124. The van der Waals surface area contributed by atoms with Crippen LogP contribution in [0.5, 0.6) is 5.75 Å². The first-order valence-electron chi connectivity index (χ1n) is 19.4. The van der Waals surface area contributed by atoms with E-state index in [1.807, 2.05) is 42.2 Å². The molecule has 0 aliphatic carbocycles. The molecule has 0 amide bonds. The predicted molar refractivity (Wildman–Crippen MR) is 219 cm³/mol. The Kier molecular flexibility index (Phi) is 9.98. The third-order valence-corrected chi connectivity index (χ3v) is 13.9. The number of anilines is 3. The van der Waals surface area contributed by atoms with Gasteiger partial charge in [0.25, 0.3) is 0 Å². The molecule has 3 aliphatic rings. The van der Waals surface area contributed by atoms with Gasteiger partial charge in [-0.2, -0.15) is 9.40 Å². The second kappa shape index (κ2) is 14.9. The number of hydrogen-bond donors (Lipinski definition) is 1. The first-order valence-corrected chi connectivity index (χ1v) is 21.0. The summed E-state index contributed by atoms with van der Waals surface area (Å²) in [4.78, 5) is 20.1. The van der Waals surface area contributed by atoms with Crippen LogP contribution in [-0.2, 0) is 33.8 Å². The number of carboxylic acid groups (broad SMARTS) is 1. The number of sulfonamides is 1. The molecule has 12 heteroatoms. The molecule has 2 atom stereocenters. The molecule has 4 heterocycles. The van der Waals surface area contributed by atoms with Crippen LogP contribution in [0.4, 0.5) is 17.1 Å². The summed E-state index contributed by atoms with van der Waals surface area (Å²) in [6.45, 7) is 8.55. The van der Waals surface area contributed by atoms with Crippen LogP contribution in [0.2, 0.25) is 0 Å². The lowest BCUT2D eigenvalue weighted by atomic mass is 9.74. The fraction of sp³-hybridized carbons (Fsp3) is 0.395. The molecule has 8 rings (SSSR count). The molecule has 0 bridgehead atoms. The third-order valence-electron chi connectivity index (χ3n) is 12.0. The van der Waals surface area contributed by atoms with Crippen LogP contribution in [-0.4, -0.2) is 91.2 Å². The number of rotatable bonds is 10. The molecule has 11 nitrogen and oxygen atoms in total. The van der Waals surface area contributed by atoms with Gasteiger partial charge < -0.3 is 24.5 Å². The molecular formula is C43H50N6O5S. The maximum atomic E-state index is 13.4. The molecule has 0 spiro atoms. The third kappa shape index (κ3) is 6.80. The molecule has 2 unspecified atom stereocenters. The van der Waals surface area contributed by atoms with E-state index in [-0.39, 0.29) is 5.75 Å². The quantitative estimate of drug-likeness (QED) is 0.159. The van der Waals surface area contributed by atoms with Crippen molar-refractivity contribution in [1.29, 1.82) is 0 Å². The van der Waals surface area contributed by atoms with Crippen molar-refractivity contribution in [3.63, 3.8) is 0 Å². The minimum Gasteiger partial charge on any atom is -0.493 e. The van der Waals surface area contributed by atoms with Gasteiger partial charge >= 0.3 is 5.97 Å². The van der Waals surface area contributed by atoms with E-state index in [9.17, 15) is 18.3 Å². The average Bonchev–Trinajstić information content (AvgIpc) is 3.69. The number of aromatic nitrogens is 2. The Morgan fingerprint density at radius 1 is 0.873 bits per heavy atom. The fourth-order valence-electron chi connectivity index (χ4n) is 9.08. The van der Waals surface area contributed by atoms with Gasteiger partial charge in [0.05, 0.1) is 30.8 Å². The number of piperazine rings is 1. The molecule has 4 aromatic carbocycles. The maximum absolute atomic E-state index is 13.4. The van der Waals surface area contributed by atoms with E-state index in [2.05, 4.69) is 82.3 Å². The van der Waals surface area contributed by atoms with E-state index < -0.39 is 27.4 Å². The number of carboxylic acids is 1. The fourth-order valence-corrected chi connectivity index (χ4v) is 10.2. The number of para-hydroxylation sites is 1. The zero-order chi connectivity index (χ0) is 38.3. The van der Waals surface area contributed by atoms with Crippen LogP contribution in [0, 0.1) is 0 Å². The lowest BCUT2D eigenvalue weighted by molar-refractivity contribution is -0.140. The highest BCUT2D eigenvalue weighted by molar-refractivity contribution is 7.89. The number of benzene rings is 4. The highest BCUT2D eigenvalue weighted by atomic mass is 32.2. The molecule has 1 fully saturated rings. The lowest BCUT2D eigenvalue weighted by Crippen LogP contribution is -2.49. The van der Waals surface area contributed by atoms with Gasteiger partial charge in [0.1, 0.15) is 11.8 Å². The van der Waals surface area contributed by atoms with E-state index in [0.29, 0.717) is 58.7 Å². The molecule has 1 N–H and O–H groups in total. The van der Waals surface area contributed by atoms with E-state index in [1.165, 1.54) is 0 Å². The first-order chi connectivity index (χ1) is 26.6. The Morgan fingerprint density at radius 3 is 2.33 bits per heavy atom. The van der Waals surface area contributed by atoms with Gasteiger partial charge in [-0.3, -0.25) is 4.68 Å². The molecule has 55 heavy (non-hydrogen) atoms. The smallest absolute Gasteiger partial charge is 0.327 e. The van der Waals surface area contributed by atoms with Crippen molar-refractivity contribution >= 4 is 43.8 Å². The molecule has 0 radical (unpaired) electrons. The van der Waals surface area contributed by atoms with Crippen molar-refractivity contribution in [3.8, 4) is 16.9 Å². The van der Waals surface area contributed by atoms with Gasteiger partial charge in [0.15, 0.2) is 0 Å². The number of carbonyl (C=O) groups is 1. The largest absolute Gasteiger partial charge is 0.493 e. The highest BCUT2D eigenvalue weighted by Crippen LogP contribution is 2.52. The van der Waals surface area contributed by atoms with Crippen molar-refractivity contribution in [1.82, 2.24) is 14.1 Å². The van der Waals surface area contributed by atoms with Crippen LogP contribution in [0.15, 0.2) is 91.1 Å². The minimum atomic E-state index is -3.19. The van der Waals surface area contributed by atoms with E-state index in [0.717, 1.165) is 68.9 Å². The Bertz CT molecular complexity index is 2300. The Hall–Kier alpha value is -5.07. The monoisotopic (exact) mass is 762 g/mol. The topological polar surface area (TPSA) is 111 Å². The van der Waals surface area contributed by atoms with E-state index >= 15 is 0 Å². The van der Waals surface area contributed by atoms with Gasteiger partial charge in [-0.15, -0.1) is 0 Å². The van der Waals surface area contributed by atoms with Gasteiger partial charge in [0.2, 0.25) is 10.0 Å². The van der Waals surface area contributed by atoms with Crippen molar-refractivity contribution in [3.05, 3.63) is 102 Å². The average molecular weight is 763 g/mol. The SMILES string of the molecule is CCS(=O)(=O)N1CCN(c2ccc(N3CCCN4c5c(cccc5C(C)(CCCOc5cccc6ccccc56)C4C(=O)O)-c4cnn(C)c4C3)cc2)CC1. The van der Waals surface area contributed by atoms with Crippen LogP contribution in [0.1, 0.15) is 44.4 Å². The summed E-state index contributed by atoms with van der Waals surface area (Å²) in [6, 6.07) is 28.4. The summed E-state index contributed by atoms with van der Waals surface area (Å²) >= 11 is 0. The number of nitrogens with zero attached hydrogens (tertiary/aromatic N) is 6. The zero-order valence-electron chi connectivity index (χ0n) is 31.9. The van der Waals surface area contributed by atoms with Crippen molar-refractivity contribution in [2.24, 2.45) is 7.05 Å². The second-order valence-corrected chi connectivity index (χ2v) is 17.4. The Balaban J connectivity index is 1.04. The van der Waals surface area contributed by atoms with Crippen LogP contribution >= 0.6 is 0 Å². The number of fused-ring (bicyclic) bond motifs is 3. The molecular weight excluding hydrogens is 713 g/mol. The van der Waals surface area contributed by atoms with E-state index in [4.69, 9.17) is 9.84 Å². The predicted octanol–water partition coefficient (Wildman–Crippen LogP) is 6.51. The van der Waals surface area contributed by atoms with Crippen molar-refractivity contribution in [2.45, 2.75) is 51.1 Å². The molecule has 1 saturated heterocycles.